The predicted molar refractivity (Wildman–Crippen MR) is 65.4 cm³/mol. The van der Waals surface area contributed by atoms with Crippen molar-refractivity contribution < 1.29 is 4.39 Å². The van der Waals surface area contributed by atoms with Crippen LogP contribution in [0.15, 0.2) is 18.2 Å². The fourth-order valence-electron chi connectivity index (χ4n) is 2.41. The van der Waals surface area contributed by atoms with Gasteiger partial charge in [0, 0.05) is 0 Å². The van der Waals surface area contributed by atoms with Gasteiger partial charge < -0.3 is 5.32 Å². The van der Waals surface area contributed by atoms with E-state index in [2.05, 4.69) is 12.2 Å². The third kappa shape index (κ3) is 2.55. The topological polar surface area (TPSA) is 12.0 Å². The maximum absolute atomic E-state index is 13.1. The molecular weight excluding hydrogens is 225 g/mol. The maximum atomic E-state index is 13.1. The summed E-state index contributed by atoms with van der Waals surface area (Å²) in [5.41, 5.74) is 1.15. The molecule has 1 fully saturated rings. The molecule has 0 saturated carbocycles. The van der Waals surface area contributed by atoms with Crippen molar-refractivity contribution in [1.82, 2.24) is 5.32 Å². The largest absolute Gasteiger partial charge is 0.317 e. The molecular formula is C13H17ClFN. The van der Waals surface area contributed by atoms with E-state index >= 15 is 0 Å². The van der Waals surface area contributed by atoms with Crippen LogP contribution in [-0.2, 0) is 0 Å². The molecule has 0 amide bonds. The molecule has 1 saturated heterocycles. The van der Waals surface area contributed by atoms with Crippen LogP contribution in [0, 0.1) is 11.7 Å². The van der Waals surface area contributed by atoms with Gasteiger partial charge in [0.15, 0.2) is 0 Å². The number of piperidine rings is 1. The summed E-state index contributed by atoms with van der Waals surface area (Å²) < 4.78 is 13.1. The Kier molecular flexibility index (Phi) is 3.82. The first kappa shape index (κ1) is 11.9. The van der Waals surface area contributed by atoms with E-state index in [1.165, 1.54) is 18.9 Å². The van der Waals surface area contributed by atoms with Crippen LogP contribution in [0.2, 0.25) is 5.02 Å². The van der Waals surface area contributed by atoms with Crippen molar-refractivity contribution >= 4 is 11.6 Å². The number of hydrogen-bond donors (Lipinski definition) is 1. The van der Waals surface area contributed by atoms with Gasteiger partial charge in [0.1, 0.15) is 5.82 Å². The summed E-state index contributed by atoms with van der Waals surface area (Å²) in [7, 11) is 0. The third-order valence-corrected chi connectivity index (χ3v) is 3.85. The zero-order chi connectivity index (χ0) is 11.5. The number of rotatable bonds is 2. The Labute approximate surface area is 101 Å². The van der Waals surface area contributed by atoms with Crippen LogP contribution in [-0.4, -0.2) is 13.1 Å². The molecule has 0 radical (unpaired) electrons. The minimum Gasteiger partial charge on any atom is -0.317 e. The van der Waals surface area contributed by atoms with Gasteiger partial charge >= 0.3 is 0 Å². The Morgan fingerprint density at radius 3 is 2.69 bits per heavy atom. The molecule has 1 unspecified atom stereocenters. The lowest BCUT2D eigenvalue weighted by molar-refractivity contribution is 0.330. The zero-order valence-corrected chi connectivity index (χ0v) is 10.2. The van der Waals surface area contributed by atoms with Crippen LogP contribution in [0.1, 0.15) is 31.2 Å². The molecule has 16 heavy (non-hydrogen) atoms. The fourth-order valence-corrected chi connectivity index (χ4v) is 2.60. The molecule has 0 spiro atoms. The summed E-state index contributed by atoms with van der Waals surface area (Å²) >= 11 is 5.81. The van der Waals surface area contributed by atoms with Crippen molar-refractivity contribution in [3.8, 4) is 0 Å². The summed E-state index contributed by atoms with van der Waals surface area (Å²) in [4.78, 5) is 0. The fraction of sp³-hybridized carbons (Fsp3) is 0.538. The summed E-state index contributed by atoms with van der Waals surface area (Å²) in [5.74, 6) is 0.811. The predicted octanol–water partition coefficient (Wildman–Crippen LogP) is 3.58. The third-order valence-electron chi connectivity index (χ3n) is 3.56. The van der Waals surface area contributed by atoms with Crippen LogP contribution >= 0.6 is 11.6 Å². The number of benzene rings is 1. The molecule has 1 nitrogen and oxygen atoms in total. The van der Waals surface area contributed by atoms with E-state index in [1.54, 1.807) is 6.07 Å². The smallest absolute Gasteiger partial charge is 0.141 e. The van der Waals surface area contributed by atoms with Crippen LogP contribution in [0.4, 0.5) is 4.39 Å². The van der Waals surface area contributed by atoms with Gasteiger partial charge in [-0.2, -0.15) is 0 Å². The summed E-state index contributed by atoms with van der Waals surface area (Å²) in [6, 6.07) is 5.09. The quantitative estimate of drug-likeness (QED) is 0.835. The highest BCUT2D eigenvalue weighted by atomic mass is 35.5. The second-order valence-electron chi connectivity index (χ2n) is 4.55. The van der Waals surface area contributed by atoms with Crippen LogP contribution in [0.25, 0.3) is 0 Å². The minimum absolute atomic E-state index is 0.235. The van der Waals surface area contributed by atoms with E-state index in [9.17, 15) is 4.39 Å². The molecule has 1 N–H and O–H groups in total. The van der Waals surface area contributed by atoms with Gasteiger partial charge in [-0.3, -0.25) is 0 Å². The van der Waals surface area contributed by atoms with E-state index in [-0.39, 0.29) is 10.8 Å². The molecule has 1 aromatic rings. The lowest BCUT2D eigenvalue weighted by Crippen LogP contribution is -2.30. The average molecular weight is 242 g/mol. The first-order chi connectivity index (χ1) is 7.68. The summed E-state index contributed by atoms with van der Waals surface area (Å²) in [6.07, 6.45) is 2.38. The van der Waals surface area contributed by atoms with Crippen molar-refractivity contribution in [2.75, 3.05) is 13.1 Å². The van der Waals surface area contributed by atoms with Crippen molar-refractivity contribution in [2.45, 2.75) is 25.7 Å². The Balaban J connectivity index is 2.12. The highest BCUT2D eigenvalue weighted by Crippen LogP contribution is 2.32. The molecule has 3 heteroatoms. The number of nitrogens with one attached hydrogen (secondary N) is 1. The highest BCUT2D eigenvalue weighted by molar-refractivity contribution is 6.30. The SMILES string of the molecule is CC(c1ccc(F)c(Cl)c1)C1CCNCC1. The average Bonchev–Trinajstić information content (AvgIpc) is 2.33. The van der Waals surface area contributed by atoms with E-state index in [0.29, 0.717) is 11.8 Å². The molecule has 1 atom stereocenters. The standard InChI is InChI=1S/C13H17ClFN/c1-9(10-4-6-16-7-5-10)11-2-3-13(15)12(14)8-11/h2-3,8-10,16H,4-7H2,1H3. The summed E-state index contributed by atoms with van der Waals surface area (Å²) in [6.45, 7) is 4.38. The molecule has 1 heterocycles. The van der Waals surface area contributed by atoms with E-state index in [0.717, 1.165) is 18.7 Å². The lowest BCUT2D eigenvalue weighted by atomic mass is 9.82. The van der Waals surface area contributed by atoms with Gasteiger partial charge in [-0.25, -0.2) is 4.39 Å². The van der Waals surface area contributed by atoms with E-state index in [4.69, 9.17) is 11.6 Å². The van der Waals surface area contributed by atoms with Gasteiger partial charge in [0.2, 0.25) is 0 Å². The molecule has 2 rings (SSSR count). The zero-order valence-electron chi connectivity index (χ0n) is 9.47. The molecule has 0 bridgehead atoms. The Hall–Kier alpha value is -0.600. The van der Waals surface area contributed by atoms with Crippen molar-refractivity contribution in [1.29, 1.82) is 0 Å². The van der Waals surface area contributed by atoms with Crippen molar-refractivity contribution in [3.63, 3.8) is 0 Å². The molecule has 0 aromatic heterocycles. The Bertz CT molecular complexity index is 361. The molecule has 88 valence electrons. The Morgan fingerprint density at radius 1 is 1.38 bits per heavy atom. The monoisotopic (exact) mass is 241 g/mol. The van der Waals surface area contributed by atoms with E-state index < -0.39 is 0 Å². The number of hydrogen-bond acceptors (Lipinski definition) is 1. The molecule has 0 aliphatic carbocycles. The van der Waals surface area contributed by atoms with Crippen LogP contribution in [0.5, 0.6) is 0 Å². The summed E-state index contributed by atoms with van der Waals surface area (Å²) in [5, 5.41) is 3.59. The van der Waals surface area contributed by atoms with Gasteiger partial charge in [0.05, 0.1) is 5.02 Å². The van der Waals surface area contributed by atoms with Crippen LogP contribution < -0.4 is 5.32 Å². The Morgan fingerprint density at radius 2 is 2.06 bits per heavy atom. The van der Waals surface area contributed by atoms with E-state index in [1.807, 2.05) is 6.07 Å². The van der Waals surface area contributed by atoms with Gasteiger partial charge in [0.25, 0.3) is 0 Å². The minimum atomic E-state index is -0.331. The van der Waals surface area contributed by atoms with Gasteiger partial charge in [-0.15, -0.1) is 0 Å². The molecule has 1 aliphatic rings. The second kappa shape index (κ2) is 5.15. The molecule has 1 aromatic carbocycles. The van der Waals surface area contributed by atoms with Crippen LogP contribution in [0.3, 0.4) is 0 Å². The van der Waals surface area contributed by atoms with Crippen molar-refractivity contribution in [3.05, 3.63) is 34.6 Å². The maximum Gasteiger partial charge on any atom is 0.141 e. The van der Waals surface area contributed by atoms with Crippen molar-refractivity contribution in [2.24, 2.45) is 5.92 Å². The first-order valence-corrected chi connectivity index (χ1v) is 6.22. The lowest BCUT2D eigenvalue weighted by Gasteiger charge is -2.28. The second-order valence-corrected chi connectivity index (χ2v) is 4.96. The molecule has 1 aliphatic heterocycles. The first-order valence-electron chi connectivity index (χ1n) is 5.84. The number of halogens is 2. The highest BCUT2D eigenvalue weighted by Gasteiger charge is 2.21. The normalized spacial score (nSPS) is 19.7. The van der Waals surface area contributed by atoms with Gasteiger partial charge in [-0.1, -0.05) is 24.6 Å². The van der Waals surface area contributed by atoms with Gasteiger partial charge in [-0.05, 0) is 55.5 Å².